The van der Waals surface area contributed by atoms with Crippen LogP contribution < -0.4 is 0 Å². The molecule has 0 radical (unpaired) electrons. The first kappa shape index (κ1) is 56.8. The summed E-state index contributed by atoms with van der Waals surface area (Å²) in [5, 5.41) is 0. The average Bonchev–Trinajstić information content (AvgIpc) is 3.21. The monoisotopic (exact) mass is 863 g/mol. The van der Waals surface area contributed by atoms with Crippen molar-refractivity contribution in [1.82, 2.24) is 0 Å². The number of rotatable bonds is 31. The predicted molar refractivity (Wildman–Crippen MR) is 275 cm³/mol. The van der Waals surface area contributed by atoms with E-state index in [0.717, 1.165) is 83.5 Å². The van der Waals surface area contributed by atoms with Crippen LogP contribution in [0.25, 0.3) is 0 Å². The van der Waals surface area contributed by atoms with E-state index in [1.54, 1.807) is 6.92 Å². The minimum Gasteiger partial charge on any atom is -0.489 e. The highest BCUT2D eigenvalue weighted by Crippen LogP contribution is 2.28. The number of Topliss-reactive ketones (excluding diaryl/α,β-unsaturated/α-hetero) is 2. The van der Waals surface area contributed by atoms with Crippen LogP contribution in [-0.2, 0) is 19.1 Å². The predicted octanol–water partition coefficient (Wildman–Crippen LogP) is 17.7. The SMILES string of the molecule is COC1=C(OC)C(=O)C(C/C=C(\C)CC/C=C(\C)CC/C=C(\C)CC/C=C(\C)C/C=C/C(C)CC/C=C(\C)CC/C=C(\C)CC/C=C(\C)CC/C=C(\C)CCC=C(C)C)=C(C)C1=O. The zero-order valence-corrected chi connectivity index (χ0v) is 42.8. The summed E-state index contributed by atoms with van der Waals surface area (Å²) in [6.07, 6.45) is 45.4. The van der Waals surface area contributed by atoms with Gasteiger partial charge in [0.15, 0.2) is 0 Å². The Bertz CT molecular complexity index is 1830. The van der Waals surface area contributed by atoms with Gasteiger partial charge in [0.05, 0.1) is 14.2 Å². The van der Waals surface area contributed by atoms with Crippen LogP contribution in [0.5, 0.6) is 0 Å². The van der Waals surface area contributed by atoms with E-state index in [-0.39, 0.29) is 23.1 Å². The molecule has 0 aromatic rings. The highest BCUT2D eigenvalue weighted by atomic mass is 16.5. The molecule has 0 spiro atoms. The average molecular weight is 863 g/mol. The number of hydrogen-bond acceptors (Lipinski definition) is 4. The second kappa shape index (κ2) is 33.3. The highest BCUT2D eigenvalue weighted by Gasteiger charge is 2.34. The maximum absolute atomic E-state index is 12.9. The Morgan fingerprint density at radius 1 is 0.460 bits per heavy atom. The van der Waals surface area contributed by atoms with Crippen molar-refractivity contribution < 1.29 is 19.1 Å². The van der Waals surface area contributed by atoms with Crippen molar-refractivity contribution in [2.45, 2.75) is 199 Å². The molecule has 0 N–H and O–H groups in total. The molecule has 0 amide bonds. The smallest absolute Gasteiger partial charge is 0.228 e. The van der Waals surface area contributed by atoms with Crippen LogP contribution in [0.3, 0.4) is 0 Å². The Balaban J connectivity index is 2.31. The number of methoxy groups -OCH3 is 2. The molecule has 0 saturated heterocycles. The summed E-state index contributed by atoms with van der Waals surface area (Å²) < 4.78 is 10.3. The molecule has 4 nitrogen and oxygen atoms in total. The summed E-state index contributed by atoms with van der Waals surface area (Å²) in [4.78, 5) is 25.5. The van der Waals surface area contributed by atoms with Gasteiger partial charge in [0, 0.05) is 11.1 Å². The van der Waals surface area contributed by atoms with Crippen LogP contribution >= 0.6 is 0 Å². The maximum atomic E-state index is 12.9. The largest absolute Gasteiger partial charge is 0.489 e. The van der Waals surface area contributed by atoms with Crippen LogP contribution in [0.4, 0.5) is 0 Å². The van der Waals surface area contributed by atoms with Gasteiger partial charge in [0.25, 0.3) is 0 Å². The van der Waals surface area contributed by atoms with Gasteiger partial charge in [-0.05, 0) is 198 Å². The number of carbonyl (C=O) groups excluding carboxylic acids is 2. The molecule has 0 heterocycles. The minimum atomic E-state index is -0.284. The zero-order valence-electron chi connectivity index (χ0n) is 42.8. The van der Waals surface area contributed by atoms with Crippen LogP contribution in [0, 0.1) is 5.92 Å². The van der Waals surface area contributed by atoms with Crippen molar-refractivity contribution >= 4 is 11.6 Å². The number of carbonyl (C=O) groups is 2. The fourth-order valence-corrected chi connectivity index (χ4v) is 7.55. The van der Waals surface area contributed by atoms with Crippen molar-refractivity contribution in [2.24, 2.45) is 5.92 Å². The van der Waals surface area contributed by atoms with E-state index in [9.17, 15) is 9.59 Å². The van der Waals surface area contributed by atoms with Gasteiger partial charge in [-0.3, -0.25) is 9.59 Å². The van der Waals surface area contributed by atoms with Gasteiger partial charge in [-0.1, -0.05) is 124 Å². The number of ether oxygens (including phenoxy) is 2. The lowest BCUT2D eigenvalue weighted by atomic mass is 9.90. The molecule has 0 bridgehead atoms. The summed E-state index contributed by atoms with van der Waals surface area (Å²) in [6.45, 7) is 26.4. The number of ketones is 2. The van der Waals surface area contributed by atoms with E-state index in [1.165, 1.54) is 90.1 Å². The van der Waals surface area contributed by atoms with E-state index in [1.807, 2.05) is 0 Å². The quantitative estimate of drug-likeness (QED) is 0.0515. The third-order valence-corrected chi connectivity index (χ3v) is 12.0. The number of allylic oxidation sites excluding steroid dienone is 22. The molecular weight excluding hydrogens is 773 g/mol. The lowest BCUT2D eigenvalue weighted by molar-refractivity contribution is -0.121. The van der Waals surface area contributed by atoms with Gasteiger partial charge in [-0.2, -0.15) is 0 Å². The lowest BCUT2D eigenvalue weighted by Crippen LogP contribution is -2.24. The molecule has 1 atom stereocenters. The van der Waals surface area contributed by atoms with Crippen molar-refractivity contribution in [2.75, 3.05) is 14.2 Å². The van der Waals surface area contributed by atoms with E-state index >= 15 is 0 Å². The standard InChI is InChI=1S/C59H90O4/c1-44(2)24-15-25-45(3)26-16-27-46(4)28-17-29-47(5)30-18-31-48(6)32-19-33-49(7)34-20-35-50(8)36-21-37-51(9)38-22-39-52(10)40-23-41-53(11)42-43-55-54(12)56(60)58(62-13)59(63-14)57(55)61/h20,24,26,28,30,32,34,36,38,40,42,49H,15-19,21-23,25,27,29,31,33,35,37,39,41,43H2,1-14H3/b34-20+,45-26+,46-28+,47-30+,48-32+,50-36+,51-38+,52-40+,53-42+. The molecule has 1 aliphatic carbocycles. The van der Waals surface area contributed by atoms with Gasteiger partial charge < -0.3 is 9.47 Å². The molecule has 0 aliphatic heterocycles. The van der Waals surface area contributed by atoms with Crippen LogP contribution in [0.15, 0.2) is 140 Å². The van der Waals surface area contributed by atoms with Crippen molar-refractivity contribution in [1.29, 1.82) is 0 Å². The Labute approximate surface area is 387 Å². The van der Waals surface area contributed by atoms with Crippen LogP contribution in [0.2, 0.25) is 0 Å². The molecule has 0 aromatic heterocycles. The zero-order chi connectivity index (χ0) is 47.2. The first-order chi connectivity index (χ1) is 30.0. The molecule has 0 fully saturated rings. The van der Waals surface area contributed by atoms with Gasteiger partial charge in [0.1, 0.15) is 0 Å². The van der Waals surface area contributed by atoms with Gasteiger partial charge in [-0.25, -0.2) is 0 Å². The number of hydrogen-bond donors (Lipinski definition) is 0. The fourth-order valence-electron chi connectivity index (χ4n) is 7.55. The van der Waals surface area contributed by atoms with Crippen molar-refractivity contribution in [3.63, 3.8) is 0 Å². The molecule has 1 rings (SSSR count). The molecule has 1 aliphatic rings. The first-order valence-corrected chi connectivity index (χ1v) is 24.1. The van der Waals surface area contributed by atoms with Gasteiger partial charge >= 0.3 is 0 Å². The fraction of sp³-hybridized carbons (Fsp3) is 0.559. The van der Waals surface area contributed by atoms with Crippen molar-refractivity contribution in [3.8, 4) is 0 Å². The molecule has 1 unspecified atom stereocenters. The summed E-state index contributed by atoms with van der Waals surface area (Å²) in [6, 6.07) is 0. The Morgan fingerprint density at radius 2 is 0.794 bits per heavy atom. The summed E-state index contributed by atoms with van der Waals surface area (Å²) >= 11 is 0. The molecule has 350 valence electrons. The second-order valence-corrected chi connectivity index (χ2v) is 18.7. The molecule has 63 heavy (non-hydrogen) atoms. The first-order valence-electron chi connectivity index (χ1n) is 24.1. The van der Waals surface area contributed by atoms with E-state index in [0.29, 0.717) is 23.5 Å². The molecular formula is C59H90O4. The van der Waals surface area contributed by atoms with Crippen LogP contribution in [-0.4, -0.2) is 25.8 Å². The maximum Gasteiger partial charge on any atom is 0.228 e. The minimum absolute atomic E-state index is 0.00723. The summed E-state index contributed by atoms with van der Waals surface area (Å²) in [5.74, 6) is 0.0216. The normalized spacial score (nSPS) is 16.2. The van der Waals surface area contributed by atoms with E-state index in [2.05, 4.69) is 143 Å². The second-order valence-electron chi connectivity index (χ2n) is 18.7. The Morgan fingerprint density at radius 3 is 1.17 bits per heavy atom. The molecule has 4 heteroatoms. The highest BCUT2D eigenvalue weighted by molar-refractivity contribution is 6.23. The summed E-state index contributed by atoms with van der Waals surface area (Å²) in [7, 11) is 2.78. The van der Waals surface area contributed by atoms with E-state index in [4.69, 9.17) is 9.47 Å². The van der Waals surface area contributed by atoms with Gasteiger partial charge in [-0.15, -0.1) is 0 Å². The Kier molecular flexibility index (Phi) is 30.1. The topological polar surface area (TPSA) is 52.6 Å². The summed E-state index contributed by atoms with van der Waals surface area (Å²) in [5.41, 5.74) is 13.9. The lowest BCUT2D eigenvalue weighted by Gasteiger charge is -2.19. The van der Waals surface area contributed by atoms with Crippen LogP contribution in [0.1, 0.15) is 199 Å². The molecule has 0 saturated carbocycles. The van der Waals surface area contributed by atoms with Gasteiger partial charge in [0.2, 0.25) is 23.1 Å². The molecule has 0 aromatic carbocycles. The Hall–Kier alpha value is -4.18. The third-order valence-electron chi connectivity index (χ3n) is 12.0. The van der Waals surface area contributed by atoms with Crippen molar-refractivity contribution in [3.05, 3.63) is 140 Å². The third kappa shape index (κ3) is 26.3. The van der Waals surface area contributed by atoms with E-state index < -0.39 is 0 Å².